The third-order valence-electron chi connectivity index (χ3n) is 0.525. The Hall–Kier alpha value is -0.725. The van der Waals surface area contributed by atoms with Gasteiger partial charge in [0.1, 0.15) is 0 Å². The van der Waals surface area contributed by atoms with Crippen molar-refractivity contribution >= 4 is 7.98 Å². The Morgan fingerprint density at radius 3 is 2.67 bits per heavy atom. The van der Waals surface area contributed by atoms with Gasteiger partial charge in [0.2, 0.25) is 7.98 Å². The van der Waals surface area contributed by atoms with E-state index in [9.17, 15) is 0 Å². The molecule has 0 N–H and O–H groups in total. The lowest BCUT2D eigenvalue weighted by Gasteiger charge is -1.76. The molecule has 0 saturated carbocycles. The maximum Gasteiger partial charge on any atom is 0.235 e. The van der Waals surface area contributed by atoms with E-state index >= 15 is 0 Å². The van der Waals surface area contributed by atoms with Gasteiger partial charge in [0.05, 0.1) is 6.33 Å². The SMILES string of the molecule is [B]n1ccnc1. The van der Waals surface area contributed by atoms with Crippen LogP contribution < -0.4 is 0 Å². The average molecular weight is 77.9 g/mol. The van der Waals surface area contributed by atoms with Gasteiger partial charge in [-0.1, -0.05) is 0 Å². The Bertz CT molecular complexity index is 112. The van der Waals surface area contributed by atoms with Crippen molar-refractivity contribution in [1.29, 1.82) is 0 Å². The fourth-order valence-electron chi connectivity index (χ4n) is 0.269. The van der Waals surface area contributed by atoms with Gasteiger partial charge in [0.15, 0.2) is 0 Å². The highest BCUT2D eigenvalue weighted by molar-refractivity contribution is 6.06. The zero-order chi connectivity index (χ0) is 4.41. The molecule has 0 fully saturated rings. The van der Waals surface area contributed by atoms with Crippen LogP contribution in [0, 0.1) is 0 Å². The smallest absolute Gasteiger partial charge is 0.235 e. The minimum absolute atomic E-state index is 1.39. The van der Waals surface area contributed by atoms with Crippen LogP contribution >= 0.6 is 0 Å². The van der Waals surface area contributed by atoms with Crippen molar-refractivity contribution in [3.8, 4) is 0 Å². The molecule has 1 aromatic heterocycles. The molecular weight excluding hydrogens is 74.9 g/mol. The normalized spacial score (nSPS) is 8.67. The number of imidazole rings is 1. The molecule has 28 valence electrons. The molecule has 1 aromatic rings. The number of rotatable bonds is 0. The van der Waals surface area contributed by atoms with E-state index in [1.54, 1.807) is 12.4 Å². The van der Waals surface area contributed by atoms with Crippen LogP contribution in [0.2, 0.25) is 0 Å². The Balaban J connectivity index is 3.05. The summed E-state index contributed by atoms with van der Waals surface area (Å²) in [6.07, 6.45) is 4.82. The monoisotopic (exact) mass is 78.0 g/mol. The summed E-state index contributed by atoms with van der Waals surface area (Å²) in [5.74, 6) is 0. The molecule has 0 aliphatic rings. The van der Waals surface area contributed by atoms with Gasteiger partial charge >= 0.3 is 0 Å². The molecule has 0 atom stereocenters. The van der Waals surface area contributed by atoms with E-state index in [4.69, 9.17) is 7.98 Å². The number of hydrogen-bond donors (Lipinski definition) is 0. The molecule has 0 spiro atoms. The summed E-state index contributed by atoms with van der Waals surface area (Å²) in [6.45, 7) is 0. The fraction of sp³-hybridized carbons (Fsp3) is 0. The van der Waals surface area contributed by atoms with E-state index in [2.05, 4.69) is 4.98 Å². The maximum atomic E-state index is 5.13. The van der Waals surface area contributed by atoms with Crippen LogP contribution in [-0.2, 0) is 0 Å². The second-order valence-corrected chi connectivity index (χ2v) is 1.01. The summed E-state index contributed by atoms with van der Waals surface area (Å²) < 4.78 is 1.39. The van der Waals surface area contributed by atoms with E-state index in [0.717, 1.165) is 0 Å². The van der Waals surface area contributed by atoms with Crippen molar-refractivity contribution in [2.24, 2.45) is 0 Å². The third-order valence-corrected chi connectivity index (χ3v) is 0.525. The molecular formula is C3H3BN2. The molecule has 0 bridgehead atoms. The van der Waals surface area contributed by atoms with E-state index < -0.39 is 0 Å². The lowest BCUT2D eigenvalue weighted by molar-refractivity contribution is 1.21. The Labute approximate surface area is 37.2 Å². The van der Waals surface area contributed by atoms with Crippen molar-refractivity contribution in [3.63, 3.8) is 0 Å². The first-order chi connectivity index (χ1) is 2.89. The quantitative estimate of drug-likeness (QED) is 0.393. The highest BCUT2D eigenvalue weighted by Gasteiger charge is 1.69. The molecule has 0 aliphatic carbocycles. The summed E-state index contributed by atoms with van der Waals surface area (Å²) in [4.78, 5) is 3.66. The largest absolute Gasteiger partial charge is 0.394 e. The third kappa shape index (κ3) is 0.430. The predicted molar refractivity (Wildman–Crippen MR) is 23.4 cm³/mol. The van der Waals surface area contributed by atoms with E-state index in [0.29, 0.717) is 0 Å². The minimum atomic E-state index is 1.39. The summed E-state index contributed by atoms with van der Waals surface area (Å²) in [5, 5.41) is 0. The van der Waals surface area contributed by atoms with E-state index in [1.807, 2.05) is 0 Å². The zero-order valence-corrected chi connectivity index (χ0v) is 3.20. The highest BCUT2D eigenvalue weighted by atomic mass is 14.9. The molecule has 6 heavy (non-hydrogen) atoms. The molecule has 1 heterocycles. The Morgan fingerprint density at radius 2 is 2.50 bits per heavy atom. The van der Waals surface area contributed by atoms with Crippen molar-refractivity contribution in [1.82, 2.24) is 9.46 Å². The summed E-state index contributed by atoms with van der Waals surface area (Å²) in [7, 11) is 5.13. The van der Waals surface area contributed by atoms with Crippen molar-refractivity contribution in [2.45, 2.75) is 0 Å². The second kappa shape index (κ2) is 1.16. The van der Waals surface area contributed by atoms with Gasteiger partial charge in [-0.05, 0) is 0 Å². The van der Waals surface area contributed by atoms with Crippen LogP contribution in [0.25, 0.3) is 0 Å². The Kier molecular flexibility index (Phi) is 0.672. The average Bonchev–Trinajstić information content (AvgIpc) is 1.86. The molecule has 0 aromatic carbocycles. The molecule has 2 nitrogen and oxygen atoms in total. The maximum absolute atomic E-state index is 5.13. The van der Waals surface area contributed by atoms with Crippen LogP contribution in [-0.4, -0.2) is 17.4 Å². The van der Waals surface area contributed by atoms with Crippen molar-refractivity contribution in [3.05, 3.63) is 18.7 Å². The van der Waals surface area contributed by atoms with Gasteiger partial charge in [-0.2, -0.15) is 0 Å². The molecule has 0 unspecified atom stereocenters. The van der Waals surface area contributed by atoms with E-state index in [-0.39, 0.29) is 0 Å². The van der Waals surface area contributed by atoms with Crippen LogP contribution in [0.3, 0.4) is 0 Å². The lowest BCUT2D eigenvalue weighted by atomic mass is 10.4. The van der Waals surface area contributed by atoms with Gasteiger partial charge in [0, 0.05) is 12.4 Å². The van der Waals surface area contributed by atoms with Crippen LogP contribution in [0.4, 0.5) is 0 Å². The van der Waals surface area contributed by atoms with E-state index in [1.165, 1.54) is 10.8 Å². The Morgan fingerprint density at radius 1 is 1.67 bits per heavy atom. The van der Waals surface area contributed by atoms with Gasteiger partial charge in [-0.3, -0.25) is 0 Å². The highest BCUT2D eigenvalue weighted by Crippen LogP contribution is 1.72. The standard InChI is InChI=1S/C3H3BN2/c4-6-2-1-5-3-6/h1-3H. The topological polar surface area (TPSA) is 17.8 Å². The van der Waals surface area contributed by atoms with Gasteiger partial charge in [-0.15, -0.1) is 0 Å². The summed E-state index contributed by atoms with van der Waals surface area (Å²) in [6, 6.07) is 0. The fourth-order valence-corrected chi connectivity index (χ4v) is 0.269. The minimum Gasteiger partial charge on any atom is -0.394 e. The molecule has 2 radical (unpaired) electrons. The summed E-state index contributed by atoms with van der Waals surface area (Å²) >= 11 is 0. The zero-order valence-electron chi connectivity index (χ0n) is 3.20. The number of aromatic nitrogens is 2. The predicted octanol–water partition coefficient (Wildman–Crippen LogP) is -0.185. The van der Waals surface area contributed by atoms with Gasteiger partial charge < -0.3 is 4.48 Å². The first kappa shape index (κ1) is 3.46. The van der Waals surface area contributed by atoms with Gasteiger partial charge in [0.25, 0.3) is 0 Å². The lowest BCUT2D eigenvalue weighted by Crippen LogP contribution is -1.81. The van der Waals surface area contributed by atoms with Crippen LogP contribution in [0.5, 0.6) is 0 Å². The number of hydrogen-bond acceptors (Lipinski definition) is 1. The second-order valence-electron chi connectivity index (χ2n) is 1.01. The van der Waals surface area contributed by atoms with Gasteiger partial charge in [-0.25, -0.2) is 4.98 Å². The molecule has 0 aliphatic heterocycles. The first-order valence-electron chi connectivity index (χ1n) is 1.62. The van der Waals surface area contributed by atoms with Crippen LogP contribution in [0.15, 0.2) is 18.7 Å². The molecule has 0 amide bonds. The van der Waals surface area contributed by atoms with Crippen molar-refractivity contribution < 1.29 is 0 Å². The number of nitrogens with zero attached hydrogens (tertiary/aromatic N) is 2. The van der Waals surface area contributed by atoms with Crippen LogP contribution in [0.1, 0.15) is 0 Å². The molecule has 1 rings (SSSR count). The summed E-state index contributed by atoms with van der Waals surface area (Å²) in [5.41, 5.74) is 0. The van der Waals surface area contributed by atoms with Crippen molar-refractivity contribution in [2.75, 3.05) is 0 Å². The molecule has 0 saturated heterocycles. The first-order valence-corrected chi connectivity index (χ1v) is 1.62. The molecule has 3 heteroatoms.